The minimum absolute atomic E-state index is 0.337. The second kappa shape index (κ2) is 15.9. The van der Waals surface area contributed by atoms with Gasteiger partial charge in [0, 0.05) is 6.42 Å². The fraction of sp³-hybridized carbons (Fsp3) is 0.909. The summed E-state index contributed by atoms with van der Waals surface area (Å²) < 4.78 is 0. The molecule has 0 saturated carbocycles. The van der Waals surface area contributed by atoms with Crippen LogP contribution in [0.1, 0.15) is 45.4 Å². The first kappa shape index (κ1) is 24.3. The smallest absolute Gasteiger partial charge is 0.303 e. The van der Waals surface area contributed by atoms with Gasteiger partial charge in [-0.2, -0.15) is 0 Å². The average molecular weight is 371 g/mol. The second-order valence-electron chi connectivity index (χ2n) is 4.55. The third-order valence-electron chi connectivity index (χ3n) is 2.46. The molecular weight excluding hydrogens is 350 g/mol. The zero-order chi connectivity index (χ0) is 19.7. The predicted molar refractivity (Wildman–Crippen MR) is 78.8 cm³/mol. The summed E-state index contributed by atoms with van der Waals surface area (Å²) in [5.74, 6) is -0.670. The van der Waals surface area contributed by atoms with Gasteiger partial charge >= 0.3 is 5.97 Å². The highest BCUT2D eigenvalue weighted by Gasteiger charge is 2.17. The fourth-order valence-corrected chi connectivity index (χ4v) is 1.40. The Morgan fingerprint density at radius 1 is 0.920 bits per heavy atom. The first-order valence-corrected chi connectivity index (χ1v) is 7.26. The van der Waals surface area contributed by atoms with Gasteiger partial charge in [-0.1, -0.05) is 32.6 Å². The topological polar surface area (TPSA) is 194 Å². The lowest BCUT2D eigenvalue weighted by Gasteiger charge is -2.11. The molecule has 0 aliphatic heterocycles. The molecule has 0 unspecified atom stereocenters. The van der Waals surface area contributed by atoms with Crippen molar-refractivity contribution in [3.63, 3.8) is 0 Å². The lowest BCUT2D eigenvalue weighted by molar-refractivity contribution is -0.803. The van der Waals surface area contributed by atoms with Crippen molar-refractivity contribution in [2.75, 3.05) is 13.2 Å². The Bertz CT molecular complexity index is 400. The molecule has 0 fully saturated rings. The quantitative estimate of drug-likeness (QED) is 0.263. The highest BCUT2D eigenvalue weighted by molar-refractivity contribution is 5.66. The number of carboxylic acid groups (broad SMARTS) is 1. The van der Waals surface area contributed by atoms with Gasteiger partial charge < -0.3 is 19.6 Å². The van der Waals surface area contributed by atoms with Crippen molar-refractivity contribution in [1.82, 2.24) is 0 Å². The standard InChI is InChI=1S/C8H16O2.C3H5N3O9/c1-2-3-4-5-6-7-8(9)10;7-4(8)13-1-3(15-6(11)12)2-14-5(9)10/h2-7H2,1H3,(H,9,10);3H,1-2H2. The van der Waals surface area contributed by atoms with Crippen molar-refractivity contribution in [3.05, 3.63) is 30.3 Å². The van der Waals surface area contributed by atoms with Crippen LogP contribution in [0, 0.1) is 30.3 Å². The first-order valence-electron chi connectivity index (χ1n) is 7.26. The van der Waals surface area contributed by atoms with Crippen LogP contribution in [0.2, 0.25) is 0 Å². The van der Waals surface area contributed by atoms with E-state index in [0.29, 0.717) is 6.42 Å². The van der Waals surface area contributed by atoms with Crippen LogP contribution in [-0.4, -0.2) is 45.7 Å². The lowest BCUT2D eigenvalue weighted by Crippen LogP contribution is -2.30. The minimum atomic E-state index is -1.55. The summed E-state index contributed by atoms with van der Waals surface area (Å²) in [7, 11) is 0. The van der Waals surface area contributed by atoms with E-state index in [1.165, 1.54) is 19.3 Å². The minimum Gasteiger partial charge on any atom is -0.481 e. The van der Waals surface area contributed by atoms with Gasteiger partial charge in [0.25, 0.3) is 15.3 Å². The van der Waals surface area contributed by atoms with E-state index in [4.69, 9.17) is 5.11 Å². The van der Waals surface area contributed by atoms with E-state index >= 15 is 0 Å². The van der Waals surface area contributed by atoms with Crippen LogP contribution in [0.15, 0.2) is 0 Å². The van der Waals surface area contributed by atoms with Crippen molar-refractivity contribution in [2.45, 2.75) is 51.6 Å². The van der Waals surface area contributed by atoms with Crippen molar-refractivity contribution in [2.24, 2.45) is 0 Å². The van der Waals surface area contributed by atoms with Gasteiger partial charge in [-0.05, 0) is 6.42 Å². The molecular formula is C11H21N3O11. The van der Waals surface area contributed by atoms with Crippen LogP contribution >= 0.6 is 0 Å². The van der Waals surface area contributed by atoms with Crippen LogP contribution in [-0.2, 0) is 19.3 Å². The number of carboxylic acids is 1. The Morgan fingerprint density at radius 3 is 1.76 bits per heavy atom. The van der Waals surface area contributed by atoms with E-state index < -0.39 is 40.5 Å². The fourth-order valence-electron chi connectivity index (χ4n) is 1.40. The van der Waals surface area contributed by atoms with Crippen molar-refractivity contribution >= 4 is 5.97 Å². The van der Waals surface area contributed by atoms with Crippen LogP contribution in [0.3, 0.4) is 0 Å². The second-order valence-corrected chi connectivity index (χ2v) is 4.55. The summed E-state index contributed by atoms with van der Waals surface area (Å²) in [6, 6.07) is 0. The molecule has 0 aromatic carbocycles. The third-order valence-corrected chi connectivity index (χ3v) is 2.46. The van der Waals surface area contributed by atoms with E-state index in [0.717, 1.165) is 12.8 Å². The molecule has 0 radical (unpaired) electrons. The molecule has 25 heavy (non-hydrogen) atoms. The maximum absolute atomic E-state index is 10.0. The molecule has 0 aromatic heterocycles. The molecule has 0 heterocycles. The summed E-state index contributed by atoms with van der Waals surface area (Å²) in [6.07, 6.45) is 4.34. The Kier molecular flexibility index (Phi) is 15.5. The molecule has 0 aromatic rings. The molecule has 14 nitrogen and oxygen atoms in total. The molecule has 0 aliphatic rings. The summed E-state index contributed by atoms with van der Waals surface area (Å²) in [5.41, 5.74) is 0. The van der Waals surface area contributed by atoms with E-state index in [2.05, 4.69) is 21.4 Å². The SMILES string of the molecule is CCCCCCCC(=O)O.O=[N+]([O-])OCC(CO[N+](=O)[O-])O[N+](=O)[O-]. The van der Waals surface area contributed by atoms with Gasteiger partial charge in [0.15, 0.2) is 6.10 Å². The van der Waals surface area contributed by atoms with E-state index in [9.17, 15) is 35.1 Å². The molecule has 14 heteroatoms. The van der Waals surface area contributed by atoms with Crippen LogP contribution in [0.5, 0.6) is 0 Å². The number of hydrogen-bond acceptors (Lipinski definition) is 10. The summed E-state index contributed by atoms with van der Waals surface area (Å²) in [6.45, 7) is 0.459. The maximum Gasteiger partial charge on any atom is 0.303 e. The number of carbonyl (C=O) groups is 1. The molecule has 0 spiro atoms. The molecule has 146 valence electrons. The molecule has 0 bridgehead atoms. The normalized spacial score (nSPS) is 9.52. The largest absolute Gasteiger partial charge is 0.481 e. The Morgan fingerprint density at radius 2 is 1.40 bits per heavy atom. The van der Waals surface area contributed by atoms with Gasteiger partial charge in [-0.15, -0.1) is 30.3 Å². The summed E-state index contributed by atoms with van der Waals surface area (Å²) >= 11 is 0. The van der Waals surface area contributed by atoms with Crippen molar-refractivity contribution in [1.29, 1.82) is 0 Å². The molecule has 0 saturated heterocycles. The van der Waals surface area contributed by atoms with Crippen LogP contribution < -0.4 is 0 Å². The van der Waals surface area contributed by atoms with Gasteiger partial charge in [0.1, 0.15) is 13.2 Å². The zero-order valence-electron chi connectivity index (χ0n) is 13.6. The highest BCUT2D eigenvalue weighted by atomic mass is 17.0. The zero-order valence-corrected chi connectivity index (χ0v) is 13.6. The van der Waals surface area contributed by atoms with E-state index in [1.54, 1.807) is 0 Å². The van der Waals surface area contributed by atoms with Gasteiger partial charge in [0.2, 0.25) is 0 Å². The molecule has 0 rings (SSSR count). The maximum atomic E-state index is 10.0. The van der Waals surface area contributed by atoms with Crippen molar-refractivity contribution in [3.8, 4) is 0 Å². The predicted octanol–water partition coefficient (Wildman–Crippen LogP) is 1.41. The summed E-state index contributed by atoms with van der Waals surface area (Å²) in [5, 5.41) is 33.8. The van der Waals surface area contributed by atoms with Crippen LogP contribution in [0.25, 0.3) is 0 Å². The average Bonchev–Trinajstić information content (AvgIpc) is 2.49. The van der Waals surface area contributed by atoms with E-state index in [-0.39, 0.29) is 0 Å². The molecule has 1 N–H and O–H groups in total. The highest BCUT2D eigenvalue weighted by Crippen LogP contribution is 2.04. The first-order chi connectivity index (χ1) is 11.7. The number of aliphatic carboxylic acids is 1. The van der Waals surface area contributed by atoms with Crippen LogP contribution in [0.4, 0.5) is 0 Å². The molecule has 0 aliphatic carbocycles. The number of unbranched alkanes of at least 4 members (excludes halogenated alkanes) is 4. The Balaban J connectivity index is 0. The summed E-state index contributed by atoms with van der Waals surface area (Å²) in [4.78, 5) is 50.6. The van der Waals surface area contributed by atoms with E-state index in [1.807, 2.05) is 0 Å². The number of nitrogens with zero attached hydrogens (tertiary/aromatic N) is 3. The Labute approximate surface area is 142 Å². The number of hydrogen-bond donors (Lipinski definition) is 1. The Hall–Kier alpha value is -2.93. The molecule has 0 amide bonds. The number of rotatable bonds is 14. The van der Waals surface area contributed by atoms with Gasteiger partial charge in [-0.25, -0.2) is 0 Å². The van der Waals surface area contributed by atoms with Gasteiger partial charge in [0.05, 0.1) is 0 Å². The lowest BCUT2D eigenvalue weighted by atomic mass is 10.1. The van der Waals surface area contributed by atoms with Crippen molar-refractivity contribution < 1.29 is 39.7 Å². The third kappa shape index (κ3) is 23.5. The monoisotopic (exact) mass is 371 g/mol. The van der Waals surface area contributed by atoms with Gasteiger partial charge in [-0.3, -0.25) is 4.79 Å². The molecule has 0 atom stereocenters.